The van der Waals surface area contributed by atoms with E-state index >= 15 is 0 Å². The maximum absolute atomic E-state index is 11.6. The van der Waals surface area contributed by atoms with E-state index in [1.807, 2.05) is 6.07 Å². The van der Waals surface area contributed by atoms with Crippen LogP contribution in [0.5, 0.6) is 0 Å². The van der Waals surface area contributed by atoms with Crippen molar-refractivity contribution >= 4 is 23.4 Å². The Morgan fingerprint density at radius 3 is 2.76 bits per heavy atom. The van der Waals surface area contributed by atoms with Crippen LogP contribution < -0.4 is 10.6 Å². The average molecular weight is 341 g/mol. The van der Waals surface area contributed by atoms with Crippen molar-refractivity contribution in [3.63, 3.8) is 0 Å². The Bertz CT molecular complexity index is 714. The number of benzene rings is 1. The highest BCUT2D eigenvalue weighted by Crippen LogP contribution is 2.21. The van der Waals surface area contributed by atoms with Gasteiger partial charge >= 0.3 is 5.97 Å². The molecule has 2 N–H and O–H groups in total. The molecule has 7 heteroatoms. The fourth-order valence-electron chi connectivity index (χ4n) is 3.02. The molecule has 0 unspecified atom stereocenters. The van der Waals surface area contributed by atoms with E-state index in [-0.39, 0.29) is 5.97 Å². The van der Waals surface area contributed by atoms with Crippen LogP contribution in [-0.2, 0) is 4.74 Å². The molecule has 25 heavy (non-hydrogen) atoms. The summed E-state index contributed by atoms with van der Waals surface area (Å²) in [5, 5.41) is 14.6. The molecular weight excluding hydrogens is 318 g/mol. The Hall–Kier alpha value is -2.70. The molecule has 2 aromatic rings. The molecule has 3 rings (SSSR count). The minimum Gasteiger partial charge on any atom is -0.465 e. The van der Waals surface area contributed by atoms with Crippen LogP contribution in [0.15, 0.2) is 30.5 Å². The summed E-state index contributed by atoms with van der Waals surface area (Å²) in [5.74, 6) is 0.731. The van der Waals surface area contributed by atoms with Gasteiger partial charge in [0.1, 0.15) is 0 Å². The van der Waals surface area contributed by atoms with Gasteiger partial charge in [0.15, 0.2) is 5.82 Å². The fraction of sp³-hybridized carbons (Fsp3) is 0.444. The van der Waals surface area contributed by atoms with E-state index in [9.17, 15) is 4.79 Å². The van der Waals surface area contributed by atoms with Crippen LogP contribution in [0.25, 0.3) is 0 Å². The van der Waals surface area contributed by atoms with Crippen molar-refractivity contribution in [2.75, 3.05) is 17.7 Å². The lowest BCUT2D eigenvalue weighted by molar-refractivity contribution is 0.0601. The number of esters is 1. The molecule has 1 saturated carbocycles. The van der Waals surface area contributed by atoms with Crippen LogP contribution in [0.4, 0.5) is 17.5 Å². The van der Waals surface area contributed by atoms with Crippen molar-refractivity contribution in [3.05, 3.63) is 36.0 Å². The molecule has 1 fully saturated rings. The Morgan fingerprint density at radius 2 is 2.00 bits per heavy atom. The van der Waals surface area contributed by atoms with Gasteiger partial charge in [-0.2, -0.15) is 10.1 Å². The van der Waals surface area contributed by atoms with Gasteiger partial charge in [-0.3, -0.25) is 0 Å². The molecule has 0 radical (unpaired) electrons. The highest BCUT2D eigenvalue weighted by atomic mass is 16.5. The van der Waals surface area contributed by atoms with Crippen molar-refractivity contribution in [1.82, 2.24) is 15.2 Å². The first-order valence-electron chi connectivity index (χ1n) is 8.66. The standard InChI is InChI=1S/C18H23N5O2/c1-25-17(24)13-7-6-10-15(11-13)20-16-12-19-23-18(22-16)21-14-8-4-2-3-5-9-14/h6-7,10-12,14H,2-5,8-9H2,1H3,(H2,20,21,22,23). The van der Waals surface area contributed by atoms with E-state index in [0.717, 1.165) is 18.5 Å². The topological polar surface area (TPSA) is 89.0 Å². The number of aromatic nitrogens is 3. The highest BCUT2D eigenvalue weighted by Gasteiger charge is 2.13. The number of nitrogens with one attached hydrogen (secondary N) is 2. The predicted octanol–water partition coefficient (Wildman–Crippen LogP) is 3.54. The van der Waals surface area contributed by atoms with Gasteiger partial charge in [0.05, 0.1) is 18.9 Å². The SMILES string of the molecule is COC(=O)c1cccc(Nc2cnnc(NC3CCCCCC3)n2)c1. The summed E-state index contributed by atoms with van der Waals surface area (Å²) in [4.78, 5) is 16.1. The first kappa shape index (κ1) is 17.1. The number of methoxy groups -OCH3 is 1. The minimum absolute atomic E-state index is 0.375. The molecule has 1 aromatic carbocycles. The molecule has 1 aliphatic rings. The summed E-state index contributed by atoms with van der Waals surface area (Å²) < 4.78 is 4.74. The molecule has 0 bridgehead atoms. The molecule has 0 atom stereocenters. The lowest BCUT2D eigenvalue weighted by Gasteiger charge is -2.16. The van der Waals surface area contributed by atoms with Crippen molar-refractivity contribution in [2.45, 2.75) is 44.6 Å². The zero-order chi connectivity index (χ0) is 17.5. The second kappa shape index (κ2) is 8.41. The van der Waals surface area contributed by atoms with E-state index in [1.54, 1.807) is 24.4 Å². The number of hydrogen-bond acceptors (Lipinski definition) is 7. The number of nitrogens with zero attached hydrogens (tertiary/aromatic N) is 3. The molecule has 0 spiro atoms. The lowest BCUT2D eigenvalue weighted by atomic mass is 10.1. The van der Waals surface area contributed by atoms with Crippen molar-refractivity contribution in [3.8, 4) is 0 Å². The van der Waals surface area contributed by atoms with Gasteiger partial charge in [-0.25, -0.2) is 4.79 Å². The second-order valence-corrected chi connectivity index (χ2v) is 6.20. The minimum atomic E-state index is -0.375. The fourth-order valence-corrected chi connectivity index (χ4v) is 3.02. The van der Waals surface area contributed by atoms with Crippen LogP contribution in [0.1, 0.15) is 48.9 Å². The van der Waals surface area contributed by atoms with Crippen LogP contribution in [0.2, 0.25) is 0 Å². The molecule has 1 heterocycles. The number of anilines is 3. The summed E-state index contributed by atoms with van der Waals surface area (Å²) in [5.41, 5.74) is 1.22. The summed E-state index contributed by atoms with van der Waals surface area (Å²) in [6, 6.07) is 7.46. The molecule has 1 aliphatic carbocycles. The molecule has 0 amide bonds. The van der Waals surface area contributed by atoms with Gasteiger partial charge in [0.2, 0.25) is 5.95 Å². The second-order valence-electron chi connectivity index (χ2n) is 6.20. The van der Waals surface area contributed by atoms with E-state index in [1.165, 1.54) is 32.8 Å². The van der Waals surface area contributed by atoms with Crippen molar-refractivity contribution in [2.24, 2.45) is 0 Å². The van der Waals surface area contributed by atoms with Crippen LogP contribution in [0.3, 0.4) is 0 Å². The number of rotatable bonds is 5. The number of hydrogen-bond donors (Lipinski definition) is 2. The molecule has 0 aliphatic heterocycles. The highest BCUT2D eigenvalue weighted by molar-refractivity contribution is 5.90. The Morgan fingerprint density at radius 1 is 1.20 bits per heavy atom. The summed E-state index contributed by atoms with van der Waals surface area (Å²) in [6.45, 7) is 0. The van der Waals surface area contributed by atoms with E-state index in [2.05, 4.69) is 25.8 Å². The third kappa shape index (κ3) is 4.89. The van der Waals surface area contributed by atoms with E-state index in [0.29, 0.717) is 23.4 Å². The Labute approximate surface area is 147 Å². The maximum Gasteiger partial charge on any atom is 0.337 e. The monoisotopic (exact) mass is 341 g/mol. The predicted molar refractivity (Wildman–Crippen MR) is 96.0 cm³/mol. The first-order valence-corrected chi connectivity index (χ1v) is 8.66. The van der Waals surface area contributed by atoms with E-state index < -0.39 is 0 Å². The van der Waals surface area contributed by atoms with Gasteiger partial charge in [0.25, 0.3) is 0 Å². The van der Waals surface area contributed by atoms with Crippen LogP contribution >= 0.6 is 0 Å². The third-order valence-electron chi connectivity index (χ3n) is 4.30. The molecular formula is C18H23N5O2. The zero-order valence-electron chi connectivity index (χ0n) is 14.4. The van der Waals surface area contributed by atoms with Gasteiger partial charge in [0, 0.05) is 11.7 Å². The number of ether oxygens (including phenoxy) is 1. The largest absolute Gasteiger partial charge is 0.465 e. The van der Waals surface area contributed by atoms with Crippen LogP contribution in [0, 0.1) is 0 Å². The molecule has 7 nitrogen and oxygen atoms in total. The van der Waals surface area contributed by atoms with Gasteiger partial charge in [-0.15, -0.1) is 5.10 Å². The molecule has 1 aromatic heterocycles. The summed E-state index contributed by atoms with van der Waals surface area (Å²) in [6.07, 6.45) is 8.92. The zero-order valence-corrected chi connectivity index (χ0v) is 14.4. The summed E-state index contributed by atoms with van der Waals surface area (Å²) in [7, 11) is 1.36. The van der Waals surface area contributed by atoms with Gasteiger partial charge < -0.3 is 15.4 Å². The molecule has 0 saturated heterocycles. The third-order valence-corrected chi connectivity index (χ3v) is 4.30. The first-order chi connectivity index (χ1) is 12.2. The number of carbonyl (C=O) groups is 1. The smallest absolute Gasteiger partial charge is 0.337 e. The van der Waals surface area contributed by atoms with Gasteiger partial charge in [-0.1, -0.05) is 31.7 Å². The quantitative estimate of drug-likeness (QED) is 0.635. The van der Waals surface area contributed by atoms with E-state index in [4.69, 9.17) is 4.74 Å². The normalized spacial score (nSPS) is 15.2. The van der Waals surface area contributed by atoms with Crippen molar-refractivity contribution in [1.29, 1.82) is 0 Å². The Balaban J connectivity index is 1.68. The lowest BCUT2D eigenvalue weighted by Crippen LogP contribution is -2.20. The Kier molecular flexibility index (Phi) is 5.77. The average Bonchev–Trinajstić information content (AvgIpc) is 2.90. The number of carbonyl (C=O) groups excluding carboxylic acids is 1. The maximum atomic E-state index is 11.6. The van der Waals surface area contributed by atoms with Crippen LogP contribution in [-0.4, -0.2) is 34.3 Å². The molecule has 132 valence electrons. The van der Waals surface area contributed by atoms with Crippen molar-refractivity contribution < 1.29 is 9.53 Å². The summed E-state index contributed by atoms with van der Waals surface area (Å²) >= 11 is 0. The van der Waals surface area contributed by atoms with Gasteiger partial charge in [-0.05, 0) is 31.0 Å².